The van der Waals surface area contributed by atoms with Gasteiger partial charge in [-0.3, -0.25) is 9.69 Å². The van der Waals surface area contributed by atoms with E-state index in [1.54, 1.807) is 0 Å². The van der Waals surface area contributed by atoms with Crippen molar-refractivity contribution in [2.24, 2.45) is 0 Å². The van der Waals surface area contributed by atoms with Gasteiger partial charge < -0.3 is 9.67 Å². The monoisotopic (exact) mass is 289 g/mol. The van der Waals surface area contributed by atoms with Crippen LogP contribution >= 0.6 is 0 Å². The molecule has 0 fully saturated rings. The first kappa shape index (κ1) is 15.5. The molecule has 0 spiro atoms. The maximum atomic E-state index is 10.9. The molecule has 1 aromatic carbocycles. The lowest BCUT2D eigenvalue weighted by atomic mass is 10.1. The lowest BCUT2D eigenvalue weighted by molar-refractivity contribution is -0.137. The van der Waals surface area contributed by atoms with E-state index >= 15 is 0 Å². The van der Waals surface area contributed by atoms with Crippen molar-refractivity contribution in [3.05, 3.63) is 29.1 Å². The molecule has 1 N–H and O–H groups in total. The molecule has 0 aliphatic rings. The Morgan fingerprint density at radius 3 is 2.52 bits per heavy atom. The number of aliphatic carboxylic acids is 1. The van der Waals surface area contributed by atoms with Crippen LogP contribution in [0.3, 0.4) is 0 Å². The van der Waals surface area contributed by atoms with Crippen LogP contribution in [0.15, 0.2) is 12.1 Å². The van der Waals surface area contributed by atoms with Gasteiger partial charge in [-0.15, -0.1) is 0 Å². The molecule has 0 bridgehead atoms. The molecule has 1 heterocycles. The Balaban J connectivity index is 2.59. The van der Waals surface area contributed by atoms with Crippen LogP contribution in [0.5, 0.6) is 0 Å². The van der Waals surface area contributed by atoms with Crippen molar-refractivity contribution < 1.29 is 9.90 Å². The number of hydrogen-bond donors (Lipinski definition) is 1. The maximum Gasteiger partial charge on any atom is 0.305 e. The molecule has 0 aliphatic heterocycles. The van der Waals surface area contributed by atoms with Crippen LogP contribution in [0.25, 0.3) is 11.0 Å². The summed E-state index contributed by atoms with van der Waals surface area (Å²) in [4.78, 5) is 17.7. The number of imidazole rings is 1. The topological polar surface area (TPSA) is 58.4 Å². The van der Waals surface area contributed by atoms with Gasteiger partial charge >= 0.3 is 5.97 Å². The van der Waals surface area contributed by atoms with Gasteiger partial charge in [-0.05, 0) is 58.1 Å². The van der Waals surface area contributed by atoms with E-state index in [0.29, 0.717) is 6.54 Å². The van der Waals surface area contributed by atoms with E-state index in [4.69, 9.17) is 10.1 Å². The predicted octanol–water partition coefficient (Wildman–Crippen LogP) is 2.75. The van der Waals surface area contributed by atoms with Crippen LogP contribution in [-0.2, 0) is 11.3 Å². The predicted molar refractivity (Wildman–Crippen MR) is 83.6 cm³/mol. The molecule has 5 nitrogen and oxygen atoms in total. The number of carboxylic acid groups (broad SMARTS) is 1. The third-order valence-electron chi connectivity index (χ3n) is 4.09. The highest BCUT2D eigenvalue weighted by molar-refractivity contribution is 5.78. The average Bonchev–Trinajstić information content (AvgIpc) is 2.73. The molecule has 1 atom stereocenters. The lowest BCUT2D eigenvalue weighted by Gasteiger charge is -2.20. The van der Waals surface area contributed by atoms with Gasteiger partial charge in [0, 0.05) is 6.54 Å². The van der Waals surface area contributed by atoms with Crippen molar-refractivity contribution in [1.29, 1.82) is 0 Å². The van der Waals surface area contributed by atoms with Gasteiger partial charge in [0.15, 0.2) is 0 Å². The number of aromatic nitrogens is 2. The minimum Gasteiger partial charge on any atom is -0.481 e. The number of fused-ring (bicyclic) bond motifs is 1. The van der Waals surface area contributed by atoms with Crippen molar-refractivity contribution in [2.45, 2.75) is 39.8 Å². The second-order valence-electron chi connectivity index (χ2n) is 5.83. The van der Waals surface area contributed by atoms with Crippen molar-refractivity contribution in [2.75, 3.05) is 14.1 Å². The number of carboxylic acids is 1. The number of aryl methyl sites for hydroxylation is 3. The standard InChI is InChI=1S/C16H23N3O2/c1-10-8-13-14(9-11(10)2)19(7-6-15(20)21)16(17-13)12(3)18(4)5/h8-9,12H,6-7H2,1-5H3,(H,20,21). The maximum absolute atomic E-state index is 10.9. The van der Waals surface area contributed by atoms with E-state index in [9.17, 15) is 4.79 Å². The van der Waals surface area contributed by atoms with Crippen LogP contribution in [0.1, 0.15) is 36.3 Å². The molecule has 2 aromatic rings. The lowest BCUT2D eigenvalue weighted by Crippen LogP contribution is -2.21. The van der Waals surface area contributed by atoms with Crippen molar-refractivity contribution in [3.63, 3.8) is 0 Å². The van der Waals surface area contributed by atoms with Gasteiger partial charge in [0.2, 0.25) is 0 Å². The van der Waals surface area contributed by atoms with Crippen LogP contribution in [0.2, 0.25) is 0 Å². The normalized spacial score (nSPS) is 13.0. The average molecular weight is 289 g/mol. The highest BCUT2D eigenvalue weighted by atomic mass is 16.4. The summed E-state index contributed by atoms with van der Waals surface area (Å²) in [6.45, 7) is 6.67. The molecule has 21 heavy (non-hydrogen) atoms. The van der Waals surface area contributed by atoms with Gasteiger partial charge in [-0.2, -0.15) is 0 Å². The Morgan fingerprint density at radius 2 is 1.95 bits per heavy atom. The van der Waals surface area contributed by atoms with Crippen LogP contribution in [0, 0.1) is 13.8 Å². The van der Waals surface area contributed by atoms with Crippen molar-refractivity contribution in [1.82, 2.24) is 14.5 Å². The number of hydrogen-bond acceptors (Lipinski definition) is 3. The quantitative estimate of drug-likeness (QED) is 0.919. The Bertz CT molecular complexity index is 674. The number of nitrogens with zero attached hydrogens (tertiary/aromatic N) is 3. The molecule has 5 heteroatoms. The highest BCUT2D eigenvalue weighted by Gasteiger charge is 2.19. The fraction of sp³-hybridized carbons (Fsp3) is 0.500. The largest absolute Gasteiger partial charge is 0.481 e. The molecule has 2 rings (SSSR count). The molecule has 0 amide bonds. The summed E-state index contributed by atoms with van der Waals surface area (Å²) in [7, 11) is 4.00. The third kappa shape index (κ3) is 3.08. The number of benzene rings is 1. The summed E-state index contributed by atoms with van der Waals surface area (Å²) in [5.74, 6) is 0.130. The molecule has 1 aromatic heterocycles. The second-order valence-corrected chi connectivity index (χ2v) is 5.83. The van der Waals surface area contributed by atoms with Gasteiger partial charge in [-0.25, -0.2) is 4.98 Å². The molecule has 0 radical (unpaired) electrons. The smallest absolute Gasteiger partial charge is 0.305 e. The van der Waals surface area contributed by atoms with Crippen molar-refractivity contribution >= 4 is 17.0 Å². The van der Waals surface area contributed by atoms with Gasteiger partial charge in [-0.1, -0.05) is 0 Å². The Morgan fingerprint density at radius 1 is 1.33 bits per heavy atom. The zero-order valence-electron chi connectivity index (χ0n) is 13.3. The Hall–Kier alpha value is -1.88. The summed E-state index contributed by atoms with van der Waals surface area (Å²) in [6.07, 6.45) is 0.103. The molecular weight excluding hydrogens is 266 g/mol. The zero-order chi connectivity index (χ0) is 15.7. The third-order valence-corrected chi connectivity index (χ3v) is 4.09. The highest BCUT2D eigenvalue weighted by Crippen LogP contribution is 2.26. The van der Waals surface area contributed by atoms with E-state index in [2.05, 4.69) is 37.8 Å². The first-order valence-electron chi connectivity index (χ1n) is 7.17. The van der Waals surface area contributed by atoms with Crippen molar-refractivity contribution in [3.8, 4) is 0 Å². The summed E-state index contributed by atoms with van der Waals surface area (Å²) in [5.41, 5.74) is 4.35. The molecule has 1 unspecified atom stereocenters. The molecule has 0 aliphatic carbocycles. The Labute approximate surface area is 125 Å². The Kier molecular flexibility index (Phi) is 4.32. The summed E-state index contributed by atoms with van der Waals surface area (Å²) >= 11 is 0. The van der Waals surface area contributed by atoms with E-state index in [-0.39, 0.29) is 12.5 Å². The first-order valence-corrected chi connectivity index (χ1v) is 7.17. The summed E-state index contributed by atoms with van der Waals surface area (Å²) in [6, 6.07) is 4.31. The van der Waals surface area contributed by atoms with Gasteiger partial charge in [0.25, 0.3) is 0 Å². The number of carbonyl (C=O) groups is 1. The van der Waals surface area contributed by atoms with E-state index in [1.165, 1.54) is 11.1 Å². The van der Waals surface area contributed by atoms with E-state index in [1.807, 2.05) is 18.7 Å². The molecule has 0 saturated carbocycles. The first-order chi connectivity index (χ1) is 9.81. The number of rotatable bonds is 5. The summed E-state index contributed by atoms with van der Waals surface area (Å²) < 4.78 is 2.04. The van der Waals surface area contributed by atoms with E-state index in [0.717, 1.165) is 16.9 Å². The fourth-order valence-electron chi connectivity index (χ4n) is 2.39. The van der Waals surface area contributed by atoms with Crippen LogP contribution in [-0.4, -0.2) is 39.6 Å². The second kappa shape index (κ2) is 5.85. The minimum atomic E-state index is -0.788. The SMILES string of the molecule is Cc1cc2nc(C(C)N(C)C)n(CCC(=O)O)c2cc1C. The fourth-order valence-corrected chi connectivity index (χ4v) is 2.39. The van der Waals surface area contributed by atoms with E-state index < -0.39 is 5.97 Å². The molecule has 0 saturated heterocycles. The summed E-state index contributed by atoms with van der Waals surface area (Å²) in [5, 5.41) is 8.98. The molecule has 114 valence electrons. The van der Waals surface area contributed by atoms with Gasteiger partial charge in [0.05, 0.1) is 23.5 Å². The minimum absolute atomic E-state index is 0.103. The van der Waals surface area contributed by atoms with Crippen LogP contribution < -0.4 is 0 Å². The molecular formula is C16H23N3O2. The van der Waals surface area contributed by atoms with Crippen LogP contribution in [0.4, 0.5) is 0 Å². The van der Waals surface area contributed by atoms with Gasteiger partial charge in [0.1, 0.15) is 5.82 Å². The zero-order valence-corrected chi connectivity index (χ0v) is 13.3.